The van der Waals surface area contributed by atoms with Crippen molar-refractivity contribution in [2.24, 2.45) is 0 Å². The number of benzene rings is 2. The van der Waals surface area contributed by atoms with Gasteiger partial charge >= 0.3 is 0 Å². The second-order valence-electron chi connectivity index (χ2n) is 6.61. The summed E-state index contributed by atoms with van der Waals surface area (Å²) in [5.41, 5.74) is 4.69. The number of phenols is 1. The Morgan fingerprint density at radius 3 is 2.15 bits per heavy atom. The van der Waals surface area contributed by atoms with E-state index in [1.54, 1.807) is 0 Å². The van der Waals surface area contributed by atoms with E-state index in [1.807, 2.05) is 12.1 Å². The molecule has 0 saturated heterocycles. The summed E-state index contributed by atoms with van der Waals surface area (Å²) in [7, 11) is 0. The lowest BCUT2D eigenvalue weighted by atomic mass is 9.82. The SMILES string of the molecule is Cc1cc(C(C)(C)C)c(O)cc1C(C)c1ccccc1. The summed E-state index contributed by atoms with van der Waals surface area (Å²) >= 11 is 0. The number of aromatic hydroxyl groups is 1. The second kappa shape index (κ2) is 5.32. The Bertz CT molecular complexity index is 591. The number of aryl methyl sites for hydroxylation is 1. The van der Waals surface area contributed by atoms with Crippen LogP contribution in [0.5, 0.6) is 5.75 Å². The standard InChI is InChI=1S/C19H24O/c1-13-11-17(19(3,4)5)18(20)12-16(13)14(2)15-9-7-6-8-10-15/h6-12,14,20H,1-5H3. The molecule has 0 aliphatic heterocycles. The fourth-order valence-corrected chi connectivity index (χ4v) is 2.70. The molecule has 106 valence electrons. The summed E-state index contributed by atoms with van der Waals surface area (Å²) in [5.74, 6) is 0.692. The third kappa shape index (κ3) is 2.87. The Kier molecular flexibility index (Phi) is 3.89. The van der Waals surface area contributed by atoms with Crippen LogP contribution >= 0.6 is 0 Å². The molecule has 0 radical (unpaired) electrons. The van der Waals surface area contributed by atoms with E-state index in [4.69, 9.17) is 0 Å². The first kappa shape index (κ1) is 14.6. The van der Waals surface area contributed by atoms with Gasteiger partial charge in [0.15, 0.2) is 0 Å². The van der Waals surface area contributed by atoms with E-state index in [2.05, 4.69) is 65.0 Å². The maximum absolute atomic E-state index is 10.3. The van der Waals surface area contributed by atoms with Crippen LogP contribution in [-0.4, -0.2) is 5.11 Å². The molecule has 0 fully saturated rings. The lowest BCUT2D eigenvalue weighted by Gasteiger charge is -2.24. The second-order valence-corrected chi connectivity index (χ2v) is 6.61. The Morgan fingerprint density at radius 1 is 1.00 bits per heavy atom. The quantitative estimate of drug-likeness (QED) is 0.798. The van der Waals surface area contributed by atoms with Crippen LogP contribution in [0.1, 0.15) is 55.9 Å². The molecule has 1 nitrogen and oxygen atoms in total. The van der Waals surface area contributed by atoms with Crippen molar-refractivity contribution in [3.63, 3.8) is 0 Å². The van der Waals surface area contributed by atoms with Gasteiger partial charge in [-0.3, -0.25) is 0 Å². The van der Waals surface area contributed by atoms with Crippen molar-refractivity contribution in [1.82, 2.24) is 0 Å². The molecule has 0 spiro atoms. The maximum Gasteiger partial charge on any atom is 0.119 e. The molecule has 1 atom stereocenters. The van der Waals surface area contributed by atoms with Crippen molar-refractivity contribution < 1.29 is 5.11 Å². The largest absolute Gasteiger partial charge is 0.508 e. The lowest BCUT2D eigenvalue weighted by Crippen LogP contribution is -2.12. The number of hydrogen-bond acceptors (Lipinski definition) is 1. The first-order valence-electron chi connectivity index (χ1n) is 7.19. The van der Waals surface area contributed by atoms with E-state index in [0.29, 0.717) is 5.75 Å². The first-order valence-corrected chi connectivity index (χ1v) is 7.19. The van der Waals surface area contributed by atoms with Crippen molar-refractivity contribution in [2.45, 2.75) is 46.0 Å². The molecule has 0 aromatic heterocycles. The highest BCUT2D eigenvalue weighted by atomic mass is 16.3. The average Bonchev–Trinajstić information content (AvgIpc) is 2.40. The molecular weight excluding hydrogens is 244 g/mol. The van der Waals surface area contributed by atoms with Crippen molar-refractivity contribution in [2.75, 3.05) is 0 Å². The van der Waals surface area contributed by atoms with Crippen LogP contribution in [0.4, 0.5) is 0 Å². The molecule has 0 aliphatic rings. The zero-order chi connectivity index (χ0) is 14.9. The average molecular weight is 268 g/mol. The zero-order valence-corrected chi connectivity index (χ0v) is 13.1. The summed E-state index contributed by atoms with van der Waals surface area (Å²) in [6, 6.07) is 14.5. The van der Waals surface area contributed by atoms with Gasteiger partial charge in [-0.1, -0.05) is 64.1 Å². The van der Waals surface area contributed by atoms with Gasteiger partial charge in [-0.15, -0.1) is 0 Å². The molecule has 1 heteroatoms. The Hall–Kier alpha value is -1.76. The van der Waals surface area contributed by atoms with Gasteiger partial charge in [0.1, 0.15) is 5.75 Å². The minimum Gasteiger partial charge on any atom is -0.508 e. The van der Waals surface area contributed by atoms with Crippen molar-refractivity contribution in [1.29, 1.82) is 0 Å². The fourth-order valence-electron chi connectivity index (χ4n) is 2.70. The number of rotatable bonds is 2. The molecule has 1 N–H and O–H groups in total. The van der Waals surface area contributed by atoms with E-state index in [9.17, 15) is 5.11 Å². The minimum absolute atomic E-state index is 0.0383. The van der Waals surface area contributed by atoms with Gasteiger partial charge < -0.3 is 5.11 Å². The van der Waals surface area contributed by atoms with E-state index in [-0.39, 0.29) is 11.3 Å². The molecule has 2 rings (SSSR count). The highest BCUT2D eigenvalue weighted by Crippen LogP contribution is 2.36. The zero-order valence-electron chi connectivity index (χ0n) is 13.1. The van der Waals surface area contributed by atoms with Crippen molar-refractivity contribution in [3.8, 4) is 5.75 Å². The van der Waals surface area contributed by atoms with Crippen molar-refractivity contribution >= 4 is 0 Å². The van der Waals surface area contributed by atoms with Gasteiger partial charge in [0.05, 0.1) is 0 Å². The monoisotopic (exact) mass is 268 g/mol. The molecule has 20 heavy (non-hydrogen) atoms. The first-order chi connectivity index (χ1) is 9.30. The summed E-state index contributed by atoms with van der Waals surface area (Å²) in [4.78, 5) is 0. The maximum atomic E-state index is 10.3. The summed E-state index contributed by atoms with van der Waals surface area (Å²) in [5, 5.41) is 10.3. The topological polar surface area (TPSA) is 20.2 Å². The Morgan fingerprint density at radius 2 is 1.60 bits per heavy atom. The normalized spacial score (nSPS) is 13.2. The fraction of sp³-hybridized carbons (Fsp3) is 0.368. The van der Waals surface area contributed by atoms with Gasteiger partial charge in [0, 0.05) is 5.92 Å². The van der Waals surface area contributed by atoms with Crippen LogP contribution in [0.15, 0.2) is 42.5 Å². The van der Waals surface area contributed by atoms with E-state index in [1.165, 1.54) is 16.7 Å². The molecule has 0 saturated carbocycles. The van der Waals surface area contributed by atoms with E-state index < -0.39 is 0 Å². The molecule has 0 heterocycles. The highest BCUT2D eigenvalue weighted by molar-refractivity contribution is 5.48. The van der Waals surface area contributed by atoms with E-state index >= 15 is 0 Å². The van der Waals surface area contributed by atoms with Gasteiger partial charge in [-0.25, -0.2) is 0 Å². The third-order valence-corrected chi connectivity index (χ3v) is 3.96. The summed E-state index contributed by atoms with van der Waals surface area (Å²) in [6.07, 6.45) is 0. The molecular formula is C19H24O. The van der Waals surface area contributed by atoms with Crippen molar-refractivity contribution in [3.05, 3.63) is 64.7 Å². The predicted octanol–water partition coefficient (Wildman–Crippen LogP) is 5.15. The summed E-state index contributed by atoms with van der Waals surface area (Å²) in [6.45, 7) is 10.7. The van der Waals surface area contributed by atoms with Crippen LogP contribution in [0.2, 0.25) is 0 Å². The predicted molar refractivity (Wildman–Crippen MR) is 85.5 cm³/mol. The van der Waals surface area contributed by atoms with Gasteiger partial charge in [0.2, 0.25) is 0 Å². The molecule has 1 unspecified atom stereocenters. The molecule has 2 aromatic rings. The lowest BCUT2D eigenvalue weighted by molar-refractivity contribution is 0.445. The molecule has 2 aromatic carbocycles. The number of phenolic OH excluding ortho intramolecular Hbond substituents is 1. The molecule has 0 bridgehead atoms. The summed E-state index contributed by atoms with van der Waals surface area (Å²) < 4.78 is 0. The van der Waals surface area contributed by atoms with Gasteiger partial charge in [-0.05, 0) is 40.7 Å². The number of hydrogen-bond donors (Lipinski definition) is 1. The van der Waals surface area contributed by atoms with Crippen LogP contribution in [0.25, 0.3) is 0 Å². The third-order valence-electron chi connectivity index (χ3n) is 3.96. The van der Waals surface area contributed by atoms with Crippen LogP contribution in [-0.2, 0) is 5.41 Å². The Balaban J connectivity index is 2.47. The minimum atomic E-state index is -0.0383. The van der Waals surface area contributed by atoms with E-state index in [0.717, 1.165) is 5.56 Å². The van der Waals surface area contributed by atoms with Crippen LogP contribution in [0.3, 0.4) is 0 Å². The van der Waals surface area contributed by atoms with Crippen LogP contribution in [0, 0.1) is 6.92 Å². The van der Waals surface area contributed by atoms with Crippen LogP contribution < -0.4 is 0 Å². The molecule has 0 aliphatic carbocycles. The van der Waals surface area contributed by atoms with Gasteiger partial charge in [0.25, 0.3) is 0 Å². The smallest absolute Gasteiger partial charge is 0.119 e. The highest BCUT2D eigenvalue weighted by Gasteiger charge is 2.21. The Labute approximate surface area is 122 Å². The molecule has 0 amide bonds. The van der Waals surface area contributed by atoms with Gasteiger partial charge in [-0.2, -0.15) is 0 Å².